The summed E-state index contributed by atoms with van der Waals surface area (Å²) in [5.74, 6) is 0.636. The van der Waals surface area contributed by atoms with Crippen LogP contribution in [0.2, 0.25) is 0 Å². The van der Waals surface area contributed by atoms with E-state index in [-0.39, 0.29) is 5.78 Å². The Kier molecular flexibility index (Phi) is 5.90. The Balaban J connectivity index is 1.52. The molecule has 4 nitrogen and oxygen atoms in total. The fourth-order valence-electron chi connectivity index (χ4n) is 2.64. The van der Waals surface area contributed by atoms with Crippen molar-refractivity contribution in [2.24, 2.45) is 0 Å². The number of carbonyl (C=O) groups excluding carboxylic acids is 1. The number of anilines is 2. The predicted molar refractivity (Wildman–Crippen MR) is 111 cm³/mol. The van der Waals surface area contributed by atoms with Crippen molar-refractivity contribution in [3.05, 3.63) is 95.6 Å². The molecule has 0 amide bonds. The number of hydrogen-bond donors (Lipinski definition) is 2. The summed E-state index contributed by atoms with van der Waals surface area (Å²) in [5, 5.41) is 0. The number of nitrogens with two attached hydrogens (primary N) is 2. The molecule has 0 fully saturated rings. The summed E-state index contributed by atoms with van der Waals surface area (Å²) >= 11 is 0. The Labute approximate surface area is 159 Å². The van der Waals surface area contributed by atoms with Crippen LogP contribution in [0.4, 0.5) is 11.4 Å². The molecular weight excluding hydrogens is 336 g/mol. The van der Waals surface area contributed by atoms with E-state index in [0.29, 0.717) is 29.3 Å². The van der Waals surface area contributed by atoms with E-state index in [2.05, 4.69) is 0 Å². The monoisotopic (exact) mass is 358 g/mol. The van der Waals surface area contributed by atoms with Crippen LogP contribution in [0.25, 0.3) is 6.08 Å². The second-order valence-corrected chi connectivity index (χ2v) is 6.20. The van der Waals surface area contributed by atoms with Crippen LogP contribution in [-0.4, -0.2) is 12.4 Å². The molecule has 3 rings (SSSR count). The van der Waals surface area contributed by atoms with Crippen molar-refractivity contribution < 1.29 is 9.53 Å². The Morgan fingerprint density at radius 1 is 0.926 bits per heavy atom. The maximum absolute atomic E-state index is 12.1. The number of ketones is 1. The van der Waals surface area contributed by atoms with E-state index >= 15 is 0 Å². The Morgan fingerprint density at radius 2 is 1.67 bits per heavy atom. The highest BCUT2D eigenvalue weighted by Crippen LogP contribution is 2.23. The van der Waals surface area contributed by atoms with Gasteiger partial charge < -0.3 is 16.2 Å². The fraction of sp³-hybridized carbons (Fsp3) is 0.0870. The molecule has 3 aromatic carbocycles. The quantitative estimate of drug-likeness (QED) is 0.373. The molecule has 0 bridgehead atoms. The maximum Gasteiger partial charge on any atom is 0.185 e. The van der Waals surface area contributed by atoms with E-state index < -0.39 is 0 Å². The van der Waals surface area contributed by atoms with Gasteiger partial charge in [0.05, 0.1) is 12.3 Å². The van der Waals surface area contributed by atoms with Crippen LogP contribution in [0.5, 0.6) is 5.75 Å². The first-order chi connectivity index (χ1) is 13.1. The zero-order valence-electron chi connectivity index (χ0n) is 15.0. The first-order valence-electron chi connectivity index (χ1n) is 8.76. The van der Waals surface area contributed by atoms with Crippen molar-refractivity contribution >= 4 is 23.2 Å². The summed E-state index contributed by atoms with van der Waals surface area (Å²) in [6.45, 7) is 0.524. The molecule has 0 atom stereocenters. The van der Waals surface area contributed by atoms with Gasteiger partial charge in [-0.3, -0.25) is 4.79 Å². The number of hydrogen-bond acceptors (Lipinski definition) is 4. The summed E-state index contributed by atoms with van der Waals surface area (Å²) < 4.78 is 5.71. The molecule has 4 N–H and O–H groups in total. The van der Waals surface area contributed by atoms with E-state index in [4.69, 9.17) is 16.2 Å². The molecule has 0 heterocycles. The van der Waals surface area contributed by atoms with Gasteiger partial charge in [-0.1, -0.05) is 60.7 Å². The number of carbonyl (C=O) groups is 1. The minimum Gasteiger partial charge on any atom is -0.491 e. The normalized spacial score (nSPS) is 10.8. The lowest BCUT2D eigenvalue weighted by molar-refractivity contribution is 0.104. The molecule has 0 aromatic heterocycles. The van der Waals surface area contributed by atoms with E-state index in [1.54, 1.807) is 24.3 Å². The summed E-state index contributed by atoms with van der Waals surface area (Å²) in [7, 11) is 0. The second kappa shape index (κ2) is 8.72. The van der Waals surface area contributed by atoms with Crippen molar-refractivity contribution in [3.8, 4) is 5.75 Å². The molecule has 0 aliphatic heterocycles. The van der Waals surface area contributed by atoms with Crippen molar-refractivity contribution in [3.63, 3.8) is 0 Å². The molecule has 27 heavy (non-hydrogen) atoms. The maximum atomic E-state index is 12.1. The highest BCUT2D eigenvalue weighted by Gasteiger charge is 2.02. The zero-order chi connectivity index (χ0) is 19.1. The zero-order valence-corrected chi connectivity index (χ0v) is 15.0. The van der Waals surface area contributed by atoms with E-state index in [0.717, 1.165) is 17.5 Å². The molecule has 0 saturated carbocycles. The third kappa shape index (κ3) is 5.22. The first kappa shape index (κ1) is 18.3. The minimum absolute atomic E-state index is 0.00540. The molecule has 4 heteroatoms. The summed E-state index contributed by atoms with van der Waals surface area (Å²) in [6.07, 6.45) is 4.18. The third-order valence-corrected chi connectivity index (χ3v) is 4.15. The molecular formula is C23H22N2O2. The number of rotatable bonds is 7. The molecule has 0 spiro atoms. The van der Waals surface area contributed by atoms with Crippen molar-refractivity contribution in [1.82, 2.24) is 0 Å². The second-order valence-electron chi connectivity index (χ2n) is 6.20. The average Bonchev–Trinajstić information content (AvgIpc) is 2.69. The smallest absolute Gasteiger partial charge is 0.185 e. The molecule has 0 unspecified atom stereocenters. The largest absolute Gasteiger partial charge is 0.491 e. The summed E-state index contributed by atoms with van der Waals surface area (Å²) in [5.41, 5.74) is 15.5. The predicted octanol–water partition coefficient (Wildman–Crippen LogP) is 4.37. The van der Waals surface area contributed by atoms with Gasteiger partial charge in [-0.05, 0) is 35.4 Å². The molecule has 0 aliphatic rings. The van der Waals surface area contributed by atoms with Gasteiger partial charge in [0, 0.05) is 17.7 Å². The van der Waals surface area contributed by atoms with Gasteiger partial charge in [0.1, 0.15) is 5.75 Å². The Morgan fingerprint density at radius 3 is 2.37 bits per heavy atom. The van der Waals surface area contributed by atoms with Crippen molar-refractivity contribution in [1.29, 1.82) is 0 Å². The van der Waals surface area contributed by atoms with Crippen LogP contribution in [0.15, 0.2) is 78.9 Å². The number of allylic oxidation sites excluding steroid dienone is 1. The van der Waals surface area contributed by atoms with Gasteiger partial charge in [-0.25, -0.2) is 0 Å². The highest BCUT2D eigenvalue weighted by atomic mass is 16.5. The fourth-order valence-corrected chi connectivity index (χ4v) is 2.64. The average molecular weight is 358 g/mol. The topological polar surface area (TPSA) is 78.3 Å². The van der Waals surface area contributed by atoms with Crippen LogP contribution >= 0.6 is 0 Å². The molecule has 0 radical (unpaired) electrons. The van der Waals surface area contributed by atoms with Gasteiger partial charge in [-0.2, -0.15) is 0 Å². The van der Waals surface area contributed by atoms with Crippen LogP contribution in [0.3, 0.4) is 0 Å². The van der Waals surface area contributed by atoms with Crippen LogP contribution in [0, 0.1) is 0 Å². The molecule has 136 valence electrons. The van der Waals surface area contributed by atoms with Gasteiger partial charge in [0.15, 0.2) is 5.78 Å². The lowest BCUT2D eigenvalue weighted by Gasteiger charge is -2.09. The van der Waals surface area contributed by atoms with Gasteiger partial charge >= 0.3 is 0 Å². The lowest BCUT2D eigenvalue weighted by atomic mass is 10.1. The van der Waals surface area contributed by atoms with Crippen LogP contribution in [0.1, 0.15) is 21.5 Å². The van der Waals surface area contributed by atoms with Crippen molar-refractivity contribution in [2.45, 2.75) is 6.42 Å². The lowest BCUT2D eigenvalue weighted by Crippen LogP contribution is -2.03. The van der Waals surface area contributed by atoms with Gasteiger partial charge in [0.2, 0.25) is 0 Å². The molecule has 0 saturated heterocycles. The van der Waals surface area contributed by atoms with Crippen LogP contribution in [-0.2, 0) is 6.42 Å². The Bertz CT molecular complexity index is 932. The van der Waals surface area contributed by atoms with Gasteiger partial charge in [0.25, 0.3) is 0 Å². The number of nitrogen functional groups attached to an aromatic ring is 2. The van der Waals surface area contributed by atoms with E-state index in [9.17, 15) is 4.79 Å². The first-order valence-corrected chi connectivity index (χ1v) is 8.76. The number of ether oxygens (including phenoxy) is 1. The standard InChI is InChI=1S/C23H22N2O2/c24-20-11-13-23(21(25)16-20)27-15-14-18-8-6-17(7-9-18)10-12-22(26)19-4-2-1-3-5-19/h1-13,16H,14-15,24-25H2/b12-10+. The van der Waals surface area contributed by atoms with Crippen molar-refractivity contribution in [2.75, 3.05) is 18.1 Å². The molecule has 0 aliphatic carbocycles. The Hall–Kier alpha value is -3.53. The highest BCUT2D eigenvalue weighted by molar-refractivity contribution is 6.06. The van der Waals surface area contributed by atoms with Gasteiger partial charge in [-0.15, -0.1) is 0 Å². The van der Waals surface area contributed by atoms with Crippen LogP contribution < -0.4 is 16.2 Å². The minimum atomic E-state index is -0.00540. The molecule has 3 aromatic rings. The van der Waals surface area contributed by atoms with E-state index in [1.807, 2.05) is 60.7 Å². The SMILES string of the molecule is Nc1ccc(OCCc2ccc(/C=C/C(=O)c3ccccc3)cc2)c(N)c1. The number of benzene rings is 3. The third-order valence-electron chi connectivity index (χ3n) is 4.15. The summed E-state index contributed by atoms with van der Waals surface area (Å²) in [6, 6.07) is 22.5. The summed E-state index contributed by atoms with van der Waals surface area (Å²) in [4.78, 5) is 12.1. The van der Waals surface area contributed by atoms with E-state index in [1.165, 1.54) is 0 Å².